The van der Waals surface area contributed by atoms with Crippen LogP contribution in [0, 0.1) is 27.7 Å². The van der Waals surface area contributed by atoms with Crippen LogP contribution in [-0.2, 0) is 35.2 Å². The van der Waals surface area contributed by atoms with Gasteiger partial charge in [0.25, 0.3) is 0 Å². The zero-order valence-corrected chi connectivity index (χ0v) is 41.0. The fraction of sp³-hybridized carbons (Fsp3) is 0.333. The number of carbonyl (C=O) groups is 2. The van der Waals surface area contributed by atoms with Crippen LogP contribution in [0.3, 0.4) is 0 Å². The maximum Gasteiger partial charge on any atom is 0.181 e. The highest BCUT2D eigenvalue weighted by Gasteiger charge is 2.17. The quantitative estimate of drug-likeness (QED) is 0.0552. The van der Waals surface area contributed by atoms with Gasteiger partial charge >= 0.3 is 0 Å². The lowest BCUT2D eigenvalue weighted by molar-refractivity contribution is -0.165. The van der Waals surface area contributed by atoms with E-state index in [-0.39, 0.29) is 37.5 Å². The number of hydrogen-bond donors (Lipinski definition) is 3. The van der Waals surface area contributed by atoms with E-state index in [1.54, 1.807) is 6.07 Å². The number of aryl methyl sites for hydroxylation is 6. The first-order valence-corrected chi connectivity index (χ1v) is 24.3. The molecule has 1 fully saturated rings. The molecule has 362 valence electrons. The third kappa shape index (κ3) is 12.2. The Labute approximate surface area is 409 Å². The first-order valence-electron chi connectivity index (χ1n) is 24.3. The Morgan fingerprint density at radius 3 is 1.61 bits per heavy atom. The van der Waals surface area contributed by atoms with Crippen molar-refractivity contribution >= 4 is 33.6 Å². The molecule has 1 saturated heterocycles. The molecule has 1 aliphatic rings. The van der Waals surface area contributed by atoms with Crippen LogP contribution < -0.4 is 9.47 Å². The molecule has 0 aliphatic carbocycles. The van der Waals surface area contributed by atoms with Gasteiger partial charge < -0.3 is 24.1 Å². The van der Waals surface area contributed by atoms with E-state index in [9.17, 15) is 9.59 Å². The molecule has 0 amide bonds. The molecule has 4 aromatic carbocycles. The van der Waals surface area contributed by atoms with E-state index < -0.39 is 0 Å². The number of benzene rings is 4. The van der Waals surface area contributed by atoms with Crippen molar-refractivity contribution in [3.63, 3.8) is 0 Å². The van der Waals surface area contributed by atoms with Crippen LogP contribution in [0.5, 0.6) is 11.5 Å². The first-order chi connectivity index (χ1) is 34.0. The number of aromatic amines is 2. The number of ketones is 2. The van der Waals surface area contributed by atoms with Gasteiger partial charge in [-0.3, -0.25) is 19.8 Å². The zero-order chi connectivity index (χ0) is 49.1. The van der Waals surface area contributed by atoms with Crippen molar-refractivity contribution in [3.05, 3.63) is 153 Å². The second kappa shape index (κ2) is 23.0. The molecule has 0 spiro atoms. The summed E-state index contributed by atoms with van der Waals surface area (Å²) in [5.41, 5.74) is 14.5. The maximum absolute atomic E-state index is 13.3. The zero-order valence-electron chi connectivity index (χ0n) is 41.0. The van der Waals surface area contributed by atoms with E-state index in [4.69, 9.17) is 34.0 Å². The fourth-order valence-corrected chi connectivity index (χ4v) is 8.75. The van der Waals surface area contributed by atoms with E-state index in [1.165, 1.54) is 0 Å². The molecule has 0 radical (unpaired) electrons. The van der Waals surface area contributed by atoms with E-state index in [1.807, 2.05) is 93.6 Å². The van der Waals surface area contributed by atoms with Gasteiger partial charge in [0.15, 0.2) is 29.2 Å². The minimum Gasteiger partial charge on any atom is -0.491 e. The summed E-state index contributed by atoms with van der Waals surface area (Å²) in [4.78, 5) is 35.8. The molecule has 70 heavy (non-hydrogen) atoms. The molecule has 1 atom stereocenters. The topological polar surface area (TPSA) is 174 Å². The molecule has 9 rings (SSSR count). The highest BCUT2D eigenvalue weighted by Crippen LogP contribution is 2.29. The summed E-state index contributed by atoms with van der Waals surface area (Å²) < 4.78 is 22.8. The van der Waals surface area contributed by atoms with Crippen molar-refractivity contribution in [1.82, 2.24) is 30.4 Å². The van der Waals surface area contributed by atoms with Gasteiger partial charge in [-0.15, -0.1) is 0 Å². The van der Waals surface area contributed by atoms with Crippen LogP contribution >= 0.6 is 0 Å². The number of aliphatic hydroxyl groups is 1. The molecular formula is C57H62N6O7. The Kier molecular flexibility index (Phi) is 16.2. The van der Waals surface area contributed by atoms with Crippen molar-refractivity contribution < 1.29 is 33.6 Å². The monoisotopic (exact) mass is 942 g/mol. The number of nitrogens with one attached hydrogen (secondary N) is 2. The predicted molar refractivity (Wildman–Crippen MR) is 273 cm³/mol. The number of nitrogens with zero attached hydrogens (tertiary/aromatic N) is 4. The van der Waals surface area contributed by atoms with Crippen LogP contribution in [-0.4, -0.2) is 86.4 Å². The van der Waals surface area contributed by atoms with Gasteiger partial charge in [0.05, 0.1) is 24.6 Å². The summed E-state index contributed by atoms with van der Waals surface area (Å²) >= 11 is 0. The Bertz CT molecular complexity index is 3110. The number of fused-ring (bicyclic) bond motifs is 2. The SMILES string of the molecule is CCc1[nH]nc2nc(-c3cc(CC(=O)c4cc(C)cc(OCCO)c4)ccc3C)ccc12.CCc1[nH]nc2nc(-c3cc(CC(=O)c4cc(C)cc(OCCOC5CCCCO5)c4)ccc3C)ccc12. The second-order valence-corrected chi connectivity index (χ2v) is 17.9. The Hall–Kier alpha value is -7.06. The van der Waals surface area contributed by atoms with E-state index in [0.717, 1.165) is 117 Å². The Morgan fingerprint density at radius 2 is 1.14 bits per heavy atom. The van der Waals surface area contributed by atoms with Crippen LogP contribution in [0.25, 0.3) is 44.6 Å². The number of ether oxygens (including phenoxy) is 4. The van der Waals surface area contributed by atoms with E-state index in [2.05, 4.69) is 59.4 Å². The normalized spacial score (nSPS) is 13.6. The van der Waals surface area contributed by atoms with Gasteiger partial charge in [0, 0.05) is 63.9 Å². The number of H-pyrrole nitrogens is 2. The lowest BCUT2D eigenvalue weighted by Gasteiger charge is -2.22. The number of pyridine rings is 2. The summed E-state index contributed by atoms with van der Waals surface area (Å²) in [5.74, 6) is 1.33. The van der Waals surface area contributed by atoms with Crippen LogP contribution in [0.15, 0.2) is 97.1 Å². The molecule has 0 saturated carbocycles. The van der Waals surface area contributed by atoms with Gasteiger partial charge in [-0.05, 0) is 166 Å². The molecular weight excluding hydrogens is 881 g/mol. The Balaban J connectivity index is 0.000000191. The lowest BCUT2D eigenvalue weighted by Crippen LogP contribution is -2.24. The van der Waals surface area contributed by atoms with Gasteiger partial charge in [-0.2, -0.15) is 10.2 Å². The van der Waals surface area contributed by atoms with Crippen molar-refractivity contribution in [2.24, 2.45) is 0 Å². The highest BCUT2D eigenvalue weighted by molar-refractivity contribution is 5.99. The van der Waals surface area contributed by atoms with Gasteiger partial charge in [0.1, 0.15) is 24.7 Å². The number of Topliss-reactive ketones (excluding diaryl/α,β-unsaturated/α-hetero) is 2. The third-order valence-electron chi connectivity index (χ3n) is 12.5. The van der Waals surface area contributed by atoms with Gasteiger partial charge in [-0.1, -0.05) is 38.1 Å². The van der Waals surface area contributed by atoms with Crippen molar-refractivity contribution in [2.45, 2.75) is 92.8 Å². The number of hydrogen-bond acceptors (Lipinski definition) is 11. The average molecular weight is 943 g/mol. The van der Waals surface area contributed by atoms with Crippen LogP contribution in [0.4, 0.5) is 0 Å². The third-order valence-corrected chi connectivity index (χ3v) is 12.5. The second-order valence-electron chi connectivity index (χ2n) is 17.9. The van der Waals surface area contributed by atoms with E-state index in [0.29, 0.717) is 53.6 Å². The summed E-state index contributed by atoms with van der Waals surface area (Å²) in [6, 6.07) is 31.5. The summed E-state index contributed by atoms with van der Waals surface area (Å²) in [5, 5.41) is 25.9. The average Bonchev–Trinajstić information content (AvgIpc) is 3.99. The van der Waals surface area contributed by atoms with Crippen LogP contribution in [0.2, 0.25) is 0 Å². The van der Waals surface area contributed by atoms with Gasteiger partial charge in [-0.25, -0.2) is 9.97 Å². The molecule has 13 nitrogen and oxygen atoms in total. The number of carbonyl (C=O) groups excluding carboxylic acids is 2. The number of rotatable bonds is 18. The molecule has 5 heterocycles. The molecule has 3 N–H and O–H groups in total. The highest BCUT2D eigenvalue weighted by atomic mass is 16.7. The first kappa shape index (κ1) is 49.4. The van der Waals surface area contributed by atoms with Crippen molar-refractivity contribution in [3.8, 4) is 34.0 Å². The van der Waals surface area contributed by atoms with Crippen molar-refractivity contribution in [1.29, 1.82) is 0 Å². The predicted octanol–water partition coefficient (Wildman–Crippen LogP) is 10.8. The van der Waals surface area contributed by atoms with Crippen LogP contribution in [0.1, 0.15) is 98.6 Å². The maximum atomic E-state index is 13.3. The summed E-state index contributed by atoms with van der Waals surface area (Å²) in [7, 11) is 0. The standard InChI is InChI=1S/C31H35N3O4.C26H27N3O3/c1-4-27-25-10-11-28(32-31(25)34-33-27)26-17-22(9-8-21(26)3)18-29(35)23-15-20(2)16-24(19-23)36-13-14-38-30-7-5-6-12-37-30;1-4-23-21-7-8-24(27-26(21)29-28-23)22-13-18(6-5-17(22)3)14-25(31)19-11-16(2)12-20(15-19)32-10-9-30/h8-11,15-17,19,30H,4-7,12-14,18H2,1-3H3,(H,32,33,34);5-8,11-13,15,30H,4,9-10,14H2,1-3H3,(H,27,28,29). The molecule has 1 unspecified atom stereocenters. The smallest absolute Gasteiger partial charge is 0.181 e. The number of aliphatic hydroxyl groups excluding tert-OH is 1. The minimum atomic E-state index is -0.133. The molecule has 4 aromatic heterocycles. The lowest BCUT2D eigenvalue weighted by atomic mass is 9.96. The van der Waals surface area contributed by atoms with Crippen molar-refractivity contribution in [2.75, 3.05) is 33.0 Å². The van der Waals surface area contributed by atoms with E-state index >= 15 is 0 Å². The summed E-state index contributed by atoms with van der Waals surface area (Å²) in [6.07, 6.45) is 5.35. The molecule has 1 aliphatic heterocycles. The van der Waals surface area contributed by atoms with Gasteiger partial charge in [0.2, 0.25) is 0 Å². The Morgan fingerprint density at radius 1 is 0.629 bits per heavy atom. The fourth-order valence-electron chi connectivity index (χ4n) is 8.75. The molecule has 0 bridgehead atoms. The molecule has 8 aromatic rings. The largest absolute Gasteiger partial charge is 0.491 e. The number of aromatic nitrogens is 6. The minimum absolute atomic E-state index is 0.0145. The summed E-state index contributed by atoms with van der Waals surface area (Å²) in [6.45, 7) is 13.9. The molecule has 13 heteroatoms.